The smallest absolute Gasteiger partial charge is 0.305 e. The van der Waals surface area contributed by atoms with Crippen LogP contribution in [0.15, 0.2) is 6.07 Å². The second-order valence-corrected chi connectivity index (χ2v) is 7.29. The highest BCUT2D eigenvalue weighted by Crippen LogP contribution is 2.55. The van der Waals surface area contributed by atoms with Gasteiger partial charge in [-0.05, 0) is 42.2 Å². The summed E-state index contributed by atoms with van der Waals surface area (Å²) in [6.45, 7) is 1.40. The van der Waals surface area contributed by atoms with Crippen LogP contribution in [-0.4, -0.2) is 36.1 Å². The SMILES string of the molecule is COC(=O)CC1[C@H]2CN(c3cc(C(F)(F)C4CC4)nc(Cl)n3)C[C@@H]12. The molecule has 3 atom stereocenters. The van der Waals surface area contributed by atoms with Crippen LogP contribution in [0.2, 0.25) is 5.28 Å². The second kappa shape index (κ2) is 5.51. The summed E-state index contributed by atoms with van der Waals surface area (Å²) in [4.78, 5) is 21.2. The Morgan fingerprint density at radius 3 is 2.62 bits per heavy atom. The molecule has 24 heavy (non-hydrogen) atoms. The second-order valence-electron chi connectivity index (χ2n) is 6.95. The molecule has 2 heterocycles. The molecule has 2 aliphatic carbocycles. The van der Waals surface area contributed by atoms with Crippen LogP contribution in [-0.2, 0) is 15.5 Å². The maximum atomic E-state index is 14.3. The number of halogens is 3. The Labute approximate surface area is 143 Å². The van der Waals surface area contributed by atoms with E-state index in [0.717, 1.165) is 0 Å². The number of rotatable bonds is 5. The summed E-state index contributed by atoms with van der Waals surface area (Å²) in [5.41, 5.74) is -0.285. The van der Waals surface area contributed by atoms with Gasteiger partial charge in [0.15, 0.2) is 0 Å². The Morgan fingerprint density at radius 1 is 1.38 bits per heavy atom. The summed E-state index contributed by atoms with van der Waals surface area (Å²) in [7, 11) is 1.39. The molecule has 4 rings (SSSR count). The minimum absolute atomic E-state index is 0.144. The molecule has 1 unspecified atom stereocenters. The summed E-state index contributed by atoms with van der Waals surface area (Å²) in [6, 6.07) is 1.37. The summed E-state index contributed by atoms with van der Waals surface area (Å²) in [5.74, 6) is -2.20. The molecular formula is C16H18ClF2N3O2. The number of ether oxygens (including phenoxy) is 1. The molecule has 1 saturated heterocycles. The van der Waals surface area contributed by atoms with Crippen LogP contribution in [0.5, 0.6) is 0 Å². The third-order valence-electron chi connectivity index (χ3n) is 5.44. The summed E-state index contributed by atoms with van der Waals surface area (Å²) in [6.07, 6.45) is 1.47. The number of hydrogen-bond acceptors (Lipinski definition) is 5. The Morgan fingerprint density at radius 2 is 2.04 bits per heavy atom. The van der Waals surface area contributed by atoms with E-state index < -0.39 is 11.8 Å². The van der Waals surface area contributed by atoms with Crippen LogP contribution >= 0.6 is 11.6 Å². The van der Waals surface area contributed by atoms with Crippen molar-refractivity contribution in [2.24, 2.45) is 23.7 Å². The summed E-state index contributed by atoms with van der Waals surface area (Å²) >= 11 is 5.88. The number of alkyl halides is 2. The number of piperidine rings is 1. The van der Waals surface area contributed by atoms with Gasteiger partial charge in [0.05, 0.1) is 7.11 Å². The van der Waals surface area contributed by atoms with Gasteiger partial charge < -0.3 is 9.64 Å². The average Bonchev–Trinajstić information content (AvgIpc) is 3.45. The maximum Gasteiger partial charge on any atom is 0.305 e. The van der Waals surface area contributed by atoms with Crippen molar-refractivity contribution in [3.05, 3.63) is 17.0 Å². The van der Waals surface area contributed by atoms with Gasteiger partial charge in [0.2, 0.25) is 5.28 Å². The quantitative estimate of drug-likeness (QED) is 0.599. The van der Waals surface area contributed by atoms with Crippen molar-refractivity contribution < 1.29 is 18.3 Å². The first-order valence-corrected chi connectivity index (χ1v) is 8.52. The lowest BCUT2D eigenvalue weighted by molar-refractivity contribution is -0.141. The number of hydrogen-bond donors (Lipinski definition) is 0. The number of nitrogens with zero attached hydrogens (tertiary/aromatic N) is 3. The molecule has 130 valence electrons. The van der Waals surface area contributed by atoms with E-state index in [1.54, 1.807) is 0 Å². The topological polar surface area (TPSA) is 55.3 Å². The third kappa shape index (κ3) is 2.72. The number of fused-ring (bicyclic) bond motifs is 1. The van der Waals surface area contributed by atoms with E-state index in [1.165, 1.54) is 13.2 Å². The highest BCUT2D eigenvalue weighted by molar-refractivity contribution is 6.28. The summed E-state index contributed by atoms with van der Waals surface area (Å²) < 4.78 is 33.3. The zero-order chi connectivity index (χ0) is 17.1. The Kier molecular flexibility index (Phi) is 3.67. The van der Waals surface area contributed by atoms with Gasteiger partial charge in [-0.1, -0.05) is 0 Å². The lowest BCUT2D eigenvalue weighted by Gasteiger charge is -2.23. The Hall–Kier alpha value is -1.50. The van der Waals surface area contributed by atoms with Gasteiger partial charge >= 0.3 is 5.97 Å². The molecule has 2 saturated carbocycles. The fourth-order valence-corrected chi connectivity index (χ4v) is 3.99. The lowest BCUT2D eigenvalue weighted by Crippen LogP contribution is -2.27. The van der Waals surface area contributed by atoms with Crippen LogP contribution < -0.4 is 4.90 Å². The minimum atomic E-state index is -2.95. The molecule has 1 aromatic heterocycles. The predicted octanol–water partition coefficient (Wildman–Crippen LogP) is 2.88. The van der Waals surface area contributed by atoms with Gasteiger partial charge in [-0.25, -0.2) is 9.97 Å². The number of carbonyl (C=O) groups is 1. The Balaban J connectivity index is 1.47. The van der Waals surface area contributed by atoms with Crippen molar-refractivity contribution in [2.75, 3.05) is 25.1 Å². The molecule has 3 fully saturated rings. The van der Waals surface area contributed by atoms with Crippen molar-refractivity contribution in [3.63, 3.8) is 0 Å². The zero-order valence-electron chi connectivity index (χ0n) is 13.2. The number of esters is 1. The van der Waals surface area contributed by atoms with Crippen LogP contribution in [0, 0.1) is 23.7 Å². The molecule has 8 heteroatoms. The Bertz CT molecular complexity index is 671. The molecule has 0 bridgehead atoms. The van der Waals surface area contributed by atoms with E-state index in [0.29, 0.717) is 55.9 Å². The minimum Gasteiger partial charge on any atom is -0.469 e. The number of aromatic nitrogens is 2. The first-order valence-electron chi connectivity index (χ1n) is 8.14. The monoisotopic (exact) mass is 357 g/mol. The molecule has 1 aromatic rings. The fraction of sp³-hybridized carbons (Fsp3) is 0.688. The van der Waals surface area contributed by atoms with Gasteiger partial charge in [0, 0.05) is 31.5 Å². The molecular weight excluding hydrogens is 340 g/mol. The van der Waals surface area contributed by atoms with Crippen molar-refractivity contribution in [2.45, 2.75) is 25.2 Å². The first-order chi connectivity index (χ1) is 11.4. The van der Waals surface area contributed by atoms with E-state index >= 15 is 0 Å². The molecule has 0 aromatic carbocycles. The fourth-order valence-electron chi connectivity index (χ4n) is 3.81. The number of carbonyl (C=O) groups excluding carboxylic acids is 1. The summed E-state index contributed by atoms with van der Waals surface area (Å²) in [5, 5.41) is -0.144. The van der Waals surface area contributed by atoms with Crippen molar-refractivity contribution >= 4 is 23.4 Å². The number of anilines is 1. The molecule has 0 radical (unpaired) electrons. The lowest BCUT2D eigenvalue weighted by atomic mass is 10.1. The van der Waals surface area contributed by atoms with E-state index in [1.807, 2.05) is 4.90 Å². The van der Waals surface area contributed by atoms with Gasteiger partial charge in [-0.3, -0.25) is 4.79 Å². The molecule has 1 aliphatic heterocycles. The van der Waals surface area contributed by atoms with E-state index in [-0.39, 0.29) is 16.9 Å². The van der Waals surface area contributed by atoms with Gasteiger partial charge in [0.1, 0.15) is 11.5 Å². The zero-order valence-corrected chi connectivity index (χ0v) is 14.0. The van der Waals surface area contributed by atoms with E-state index in [9.17, 15) is 13.6 Å². The van der Waals surface area contributed by atoms with Crippen LogP contribution in [0.3, 0.4) is 0 Å². The van der Waals surface area contributed by atoms with Crippen molar-refractivity contribution in [3.8, 4) is 0 Å². The molecule has 3 aliphatic rings. The average molecular weight is 358 g/mol. The predicted molar refractivity (Wildman–Crippen MR) is 83.0 cm³/mol. The largest absolute Gasteiger partial charge is 0.469 e. The van der Waals surface area contributed by atoms with E-state index in [2.05, 4.69) is 9.97 Å². The van der Waals surface area contributed by atoms with Crippen molar-refractivity contribution in [1.29, 1.82) is 0 Å². The first kappa shape index (κ1) is 16.0. The maximum absolute atomic E-state index is 14.3. The third-order valence-corrected chi connectivity index (χ3v) is 5.61. The van der Waals surface area contributed by atoms with E-state index in [4.69, 9.17) is 16.3 Å². The molecule has 0 spiro atoms. The molecule has 0 N–H and O–H groups in total. The van der Waals surface area contributed by atoms with Crippen LogP contribution in [0.25, 0.3) is 0 Å². The molecule has 5 nitrogen and oxygen atoms in total. The van der Waals surface area contributed by atoms with Gasteiger partial charge in [0.25, 0.3) is 5.92 Å². The van der Waals surface area contributed by atoms with Crippen molar-refractivity contribution in [1.82, 2.24) is 9.97 Å². The standard InChI is InChI=1S/C16H18ClF2N3O2/c1-24-14(23)4-9-10-6-22(7-11(9)10)13-5-12(20-15(17)21-13)16(18,19)8-2-3-8/h5,8-11H,2-4,6-7H2,1H3/t9?,10-,11+. The van der Waals surface area contributed by atoms with Crippen LogP contribution in [0.4, 0.5) is 14.6 Å². The molecule has 0 amide bonds. The van der Waals surface area contributed by atoms with Crippen LogP contribution in [0.1, 0.15) is 25.0 Å². The normalized spacial score (nSPS) is 28.7. The number of methoxy groups -OCH3 is 1. The van der Waals surface area contributed by atoms with Gasteiger partial charge in [-0.15, -0.1) is 0 Å². The highest BCUT2D eigenvalue weighted by atomic mass is 35.5. The van der Waals surface area contributed by atoms with Gasteiger partial charge in [-0.2, -0.15) is 8.78 Å². The highest BCUT2D eigenvalue weighted by Gasteiger charge is 2.56.